The molecule has 1 aliphatic carbocycles. The number of rotatable bonds is 5. The molecule has 0 aliphatic heterocycles. The van der Waals surface area contributed by atoms with E-state index in [0.717, 1.165) is 12.8 Å². The maximum Gasteiger partial charge on any atom is 0.331 e. The Kier molecular flexibility index (Phi) is 4.83. The third-order valence-electron chi connectivity index (χ3n) is 5.48. The van der Waals surface area contributed by atoms with Crippen molar-refractivity contribution < 1.29 is 14.1 Å². The third-order valence-corrected chi connectivity index (χ3v) is 5.48. The minimum absolute atomic E-state index is 0.0732. The van der Waals surface area contributed by atoms with Crippen LogP contribution < -0.4 is 10.3 Å². The molecule has 0 amide bonds. The van der Waals surface area contributed by atoms with Gasteiger partial charge in [-0.3, -0.25) is 19.5 Å². The highest BCUT2D eigenvalue weighted by atomic mass is 19.1. The molecular formula is C24H15FN4O4. The standard InChI is InChI=1S/C24H15FN4O4/c25-15-4-1-3-14(11-15)22-19-12-17(33-23-20(29(31)32)5-2-10-27-23)8-9-18(19)24(30)28(16-6-7-16)21(22)13-26/h1-5,8-12,16H,6-7H2. The van der Waals surface area contributed by atoms with Gasteiger partial charge in [0.15, 0.2) is 0 Å². The molecule has 0 unspecified atom stereocenters. The van der Waals surface area contributed by atoms with Crippen molar-refractivity contribution in [3.05, 3.63) is 92.8 Å². The Hall–Kier alpha value is -4.58. The predicted molar refractivity (Wildman–Crippen MR) is 118 cm³/mol. The number of halogens is 1. The van der Waals surface area contributed by atoms with Crippen LogP contribution in [0, 0.1) is 27.3 Å². The summed E-state index contributed by atoms with van der Waals surface area (Å²) in [6.07, 6.45) is 2.93. The minimum Gasteiger partial charge on any atom is -0.434 e. The summed E-state index contributed by atoms with van der Waals surface area (Å²) in [6, 6.07) is 15.1. The lowest BCUT2D eigenvalue weighted by molar-refractivity contribution is -0.386. The molecule has 2 heterocycles. The van der Waals surface area contributed by atoms with Gasteiger partial charge in [0, 0.05) is 34.6 Å². The zero-order valence-electron chi connectivity index (χ0n) is 17.1. The normalized spacial score (nSPS) is 13.0. The van der Waals surface area contributed by atoms with Crippen molar-refractivity contribution in [3.63, 3.8) is 0 Å². The maximum atomic E-state index is 14.1. The average molecular weight is 442 g/mol. The highest BCUT2D eigenvalue weighted by Crippen LogP contribution is 2.40. The molecule has 9 heteroatoms. The Morgan fingerprint density at radius 3 is 2.67 bits per heavy atom. The van der Waals surface area contributed by atoms with Crippen molar-refractivity contribution in [1.82, 2.24) is 9.55 Å². The number of hydrogen-bond donors (Lipinski definition) is 0. The molecule has 162 valence electrons. The smallest absolute Gasteiger partial charge is 0.331 e. The number of ether oxygens (including phenoxy) is 1. The van der Waals surface area contributed by atoms with Crippen molar-refractivity contribution >= 4 is 16.5 Å². The van der Waals surface area contributed by atoms with Crippen LogP contribution >= 0.6 is 0 Å². The van der Waals surface area contributed by atoms with Gasteiger partial charge in [-0.25, -0.2) is 9.37 Å². The van der Waals surface area contributed by atoms with Gasteiger partial charge in [0.2, 0.25) is 0 Å². The molecule has 2 aromatic heterocycles. The molecule has 33 heavy (non-hydrogen) atoms. The number of fused-ring (bicyclic) bond motifs is 1. The largest absolute Gasteiger partial charge is 0.434 e. The molecular weight excluding hydrogens is 427 g/mol. The first-order valence-electron chi connectivity index (χ1n) is 10.1. The van der Waals surface area contributed by atoms with Gasteiger partial charge in [-0.2, -0.15) is 5.26 Å². The second-order valence-corrected chi connectivity index (χ2v) is 7.65. The Morgan fingerprint density at radius 1 is 1.15 bits per heavy atom. The van der Waals surface area contributed by atoms with Crippen LogP contribution in [-0.2, 0) is 0 Å². The summed E-state index contributed by atoms with van der Waals surface area (Å²) in [5.74, 6) is -0.499. The number of nitrogens with zero attached hydrogens (tertiary/aromatic N) is 4. The van der Waals surface area contributed by atoms with Crippen LogP contribution in [0.3, 0.4) is 0 Å². The second kappa shape index (κ2) is 7.84. The first-order valence-corrected chi connectivity index (χ1v) is 10.1. The highest BCUT2D eigenvalue weighted by molar-refractivity contribution is 5.99. The quantitative estimate of drug-likeness (QED) is 0.314. The predicted octanol–water partition coefficient (Wildman–Crippen LogP) is 5.11. The van der Waals surface area contributed by atoms with Gasteiger partial charge in [-0.05, 0) is 54.8 Å². The van der Waals surface area contributed by atoms with Crippen molar-refractivity contribution in [3.8, 4) is 28.8 Å². The molecule has 4 aromatic rings. The summed E-state index contributed by atoms with van der Waals surface area (Å²) < 4.78 is 21.2. The number of hydrogen-bond acceptors (Lipinski definition) is 6. The number of aromatic nitrogens is 2. The van der Waals surface area contributed by atoms with E-state index in [0.29, 0.717) is 21.9 Å². The summed E-state index contributed by atoms with van der Waals surface area (Å²) in [6.45, 7) is 0. The Bertz CT molecular complexity index is 1540. The van der Waals surface area contributed by atoms with Gasteiger partial charge in [0.25, 0.3) is 11.4 Å². The van der Waals surface area contributed by atoms with Crippen LogP contribution in [0.4, 0.5) is 10.1 Å². The van der Waals surface area contributed by atoms with E-state index < -0.39 is 10.7 Å². The van der Waals surface area contributed by atoms with Crippen LogP contribution in [0.2, 0.25) is 0 Å². The summed E-state index contributed by atoms with van der Waals surface area (Å²) in [4.78, 5) is 27.9. The van der Waals surface area contributed by atoms with Gasteiger partial charge < -0.3 is 4.74 Å². The zero-order chi connectivity index (χ0) is 23.1. The molecule has 0 radical (unpaired) electrons. The number of benzene rings is 2. The van der Waals surface area contributed by atoms with Crippen LogP contribution in [0.1, 0.15) is 24.6 Å². The molecule has 0 spiro atoms. The molecule has 1 fully saturated rings. The zero-order valence-corrected chi connectivity index (χ0v) is 17.1. The van der Waals surface area contributed by atoms with E-state index >= 15 is 0 Å². The molecule has 2 aromatic carbocycles. The van der Waals surface area contributed by atoms with E-state index in [1.165, 1.54) is 53.2 Å². The molecule has 0 bridgehead atoms. The number of pyridine rings is 2. The van der Waals surface area contributed by atoms with E-state index in [9.17, 15) is 24.6 Å². The molecule has 1 aliphatic rings. The Labute approximate surface area is 186 Å². The lowest BCUT2D eigenvalue weighted by Gasteiger charge is -2.16. The van der Waals surface area contributed by atoms with Crippen molar-refractivity contribution in [2.45, 2.75) is 18.9 Å². The van der Waals surface area contributed by atoms with Gasteiger partial charge in [0.05, 0.1) is 4.92 Å². The van der Waals surface area contributed by atoms with Crippen molar-refractivity contribution in [2.75, 3.05) is 0 Å². The maximum absolute atomic E-state index is 14.1. The summed E-state index contributed by atoms with van der Waals surface area (Å²) in [5, 5.41) is 22.0. The average Bonchev–Trinajstić information content (AvgIpc) is 3.64. The van der Waals surface area contributed by atoms with Crippen LogP contribution in [0.25, 0.3) is 21.9 Å². The van der Waals surface area contributed by atoms with Crippen LogP contribution in [-0.4, -0.2) is 14.5 Å². The first kappa shape index (κ1) is 20.3. The van der Waals surface area contributed by atoms with E-state index in [1.54, 1.807) is 12.1 Å². The monoisotopic (exact) mass is 442 g/mol. The third kappa shape index (κ3) is 3.57. The molecule has 1 saturated carbocycles. The van der Waals surface area contributed by atoms with Gasteiger partial charge in [-0.15, -0.1) is 0 Å². The van der Waals surface area contributed by atoms with Gasteiger partial charge in [0.1, 0.15) is 23.3 Å². The molecule has 8 nitrogen and oxygen atoms in total. The molecule has 5 rings (SSSR count). The van der Waals surface area contributed by atoms with Gasteiger partial charge >= 0.3 is 5.69 Å². The Morgan fingerprint density at radius 2 is 1.97 bits per heavy atom. The first-order chi connectivity index (χ1) is 16.0. The number of nitriles is 1. The fourth-order valence-corrected chi connectivity index (χ4v) is 3.90. The van der Waals surface area contributed by atoms with Gasteiger partial charge in [-0.1, -0.05) is 12.1 Å². The number of nitro groups is 1. The topological polar surface area (TPSA) is 111 Å². The fourth-order valence-electron chi connectivity index (χ4n) is 3.90. The van der Waals surface area contributed by atoms with E-state index in [2.05, 4.69) is 11.1 Å². The van der Waals surface area contributed by atoms with Crippen LogP contribution in [0.15, 0.2) is 65.6 Å². The van der Waals surface area contributed by atoms with E-state index in [4.69, 9.17) is 4.74 Å². The molecule has 0 atom stereocenters. The highest BCUT2D eigenvalue weighted by Gasteiger charge is 2.30. The summed E-state index contributed by atoms with van der Waals surface area (Å²) >= 11 is 0. The SMILES string of the molecule is N#Cc1c(-c2cccc(F)c2)c2cc(Oc3ncccc3[N+](=O)[O-])ccc2c(=O)n1C1CC1. The van der Waals surface area contributed by atoms with E-state index in [-0.39, 0.29) is 34.6 Å². The lowest BCUT2D eigenvalue weighted by Crippen LogP contribution is -2.23. The molecule has 0 saturated heterocycles. The Balaban J connectivity index is 1.77. The summed E-state index contributed by atoms with van der Waals surface area (Å²) in [7, 11) is 0. The van der Waals surface area contributed by atoms with Crippen LogP contribution in [0.5, 0.6) is 11.6 Å². The molecule has 0 N–H and O–H groups in total. The second-order valence-electron chi connectivity index (χ2n) is 7.65. The summed E-state index contributed by atoms with van der Waals surface area (Å²) in [5.41, 5.74) is 0.345. The van der Waals surface area contributed by atoms with Crippen molar-refractivity contribution in [2.24, 2.45) is 0 Å². The van der Waals surface area contributed by atoms with Crippen molar-refractivity contribution in [1.29, 1.82) is 5.26 Å². The van der Waals surface area contributed by atoms with E-state index in [1.807, 2.05) is 0 Å². The minimum atomic E-state index is -0.607. The lowest BCUT2D eigenvalue weighted by atomic mass is 9.96. The fraction of sp³-hybridized carbons (Fsp3) is 0.125.